The van der Waals surface area contributed by atoms with E-state index in [1.54, 1.807) is 7.05 Å². The minimum atomic E-state index is -0.00995. The Balaban J connectivity index is 0.00000264. The van der Waals surface area contributed by atoms with E-state index in [1.165, 1.54) is 25.7 Å². The van der Waals surface area contributed by atoms with Crippen molar-refractivity contribution in [1.82, 2.24) is 15.6 Å². The van der Waals surface area contributed by atoms with Crippen molar-refractivity contribution < 1.29 is 4.42 Å². The summed E-state index contributed by atoms with van der Waals surface area (Å²) < 4.78 is 5.79. The summed E-state index contributed by atoms with van der Waals surface area (Å²) in [6, 6.07) is 0.525. The monoisotopic (exact) mass is 434 g/mol. The summed E-state index contributed by atoms with van der Waals surface area (Å²) in [5.74, 6) is 3.30. The number of aliphatic imine (C=N–C) groups is 1. The van der Waals surface area contributed by atoms with Crippen LogP contribution in [-0.4, -0.2) is 24.0 Å². The Bertz CT molecular complexity index is 499. The number of hydrogen-bond acceptors (Lipinski definition) is 3. The van der Waals surface area contributed by atoms with Crippen LogP contribution < -0.4 is 10.6 Å². The van der Waals surface area contributed by atoms with E-state index in [4.69, 9.17) is 4.42 Å². The molecular weight excluding hydrogens is 403 g/mol. The number of hydrogen-bond donors (Lipinski definition) is 2. The summed E-state index contributed by atoms with van der Waals surface area (Å²) in [6.07, 6.45) is 6.84. The molecule has 0 aliphatic heterocycles. The van der Waals surface area contributed by atoms with Crippen molar-refractivity contribution in [2.24, 2.45) is 10.9 Å². The predicted molar refractivity (Wildman–Crippen MR) is 105 cm³/mol. The first-order valence-corrected chi connectivity index (χ1v) is 8.31. The van der Waals surface area contributed by atoms with Gasteiger partial charge in [0.25, 0.3) is 0 Å². The zero-order valence-corrected chi connectivity index (χ0v) is 17.3. The quantitative estimate of drug-likeness (QED) is 0.431. The zero-order chi connectivity index (χ0) is 16.2. The van der Waals surface area contributed by atoms with E-state index in [0.717, 1.165) is 17.6 Å². The van der Waals surface area contributed by atoms with Crippen molar-refractivity contribution in [1.29, 1.82) is 0 Å². The molecule has 5 nitrogen and oxygen atoms in total. The van der Waals surface area contributed by atoms with Crippen LogP contribution in [-0.2, 0) is 12.0 Å². The lowest BCUT2D eigenvalue weighted by Gasteiger charge is -2.28. The van der Waals surface area contributed by atoms with Gasteiger partial charge in [-0.1, -0.05) is 27.7 Å². The van der Waals surface area contributed by atoms with E-state index in [2.05, 4.69) is 48.3 Å². The van der Waals surface area contributed by atoms with Crippen LogP contribution in [0.15, 0.2) is 15.6 Å². The van der Waals surface area contributed by atoms with E-state index >= 15 is 0 Å². The SMILES string of the molecule is CN=C(NCc1ncc(C(C)(C)C)o1)NC1CCC(C)CC1.I. The van der Waals surface area contributed by atoms with Gasteiger partial charge in [-0.15, -0.1) is 24.0 Å². The molecule has 23 heavy (non-hydrogen) atoms. The Labute approximate surface area is 157 Å². The Hall–Kier alpha value is -0.790. The van der Waals surface area contributed by atoms with Crippen LogP contribution >= 0.6 is 24.0 Å². The second-order valence-corrected chi connectivity index (χ2v) is 7.40. The van der Waals surface area contributed by atoms with Crippen molar-refractivity contribution in [2.45, 2.75) is 71.4 Å². The van der Waals surface area contributed by atoms with Gasteiger partial charge in [-0.2, -0.15) is 0 Å². The highest BCUT2D eigenvalue weighted by Gasteiger charge is 2.20. The van der Waals surface area contributed by atoms with Crippen LogP contribution in [0, 0.1) is 5.92 Å². The largest absolute Gasteiger partial charge is 0.443 e. The maximum Gasteiger partial charge on any atom is 0.213 e. The summed E-state index contributed by atoms with van der Waals surface area (Å²) in [6.45, 7) is 9.25. The Kier molecular flexibility index (Phi) is 7.83. The van der Waals surface area contributed by atoms with Crippen molar-refractivity contribution in [3.8, 4) is 0 Å². The van der Waals surface area contributed by atoms with Crippen molar-refractivity contribution >= 4 is 29.9 Å². The number of halogens is 1. The molecule has 1 aromatic rings. The molecule has 0 saturated heterocycles. The van der Waals surface area contributed by atoms with Gasteiger partial charge in [0.15, 0.2) is 5.96 Å². The van der Waals surface area contributed by atoms with Crippen molar-refractivity contribution in [3.05, 3.63) is 17.8 Å². The molecule has 0 aromatic carbocycles. The first-order valence-electron chi connectivity index (χ1n) is 8.31. The van der Waals surface area contributed by atoms with Gasteiger partial charge in [0, 0.05) is 18.5 Å². The molecule has 0 bridgehead atoms. The normalized spacial score (nSPS) is 22.4. The van der Waals surface area contributed by atoms with Gasteiger partial charge in [0.2, 0.25) is 5.89 Å². The number of nitrogens with one attached hydrogen (secondary N) is 2. The zero-order valence-electron chi connectivity index (χ0n) is 15.0. The highest BCUT2D eigenvalue weighted by Crippen LogP contribution is 2.24. The molecule has 1 heterocycles. The average Bonchev–Trinajstić information content (AvgIpc) is 2.94. The first kappa shape index (κ1) is 20.3. The number of rotatable bonds is 3. The van der Waals surface area contributed by atoms with Crippen LogP contribution in [0.1, 0.15) is 65.0 Å². The van der Waals surface area contributed by atoms with Crippen LogP contribution in [0.5, 0.6) is 0 Å². The fraction of sp³-hybridized carbons (Fsp3) is 0.765. The highest BCUT2D eigenvalue weighted by atomic mass is 127. The number of nitrogens with zero attached hydrogens (tertiary/aromatic N) is 2. The third kappa shape index (κ3) is 6.31. The van der Waals surface area contributed by atoms with Gasteiger partial charge in [-0.05, 0) is 31.6 Å². The Morgan fingerprint density at radius 3 is 2.48 bits per heavy atom. The lowest BCUT2D eigenvalue weighted by atomic mass is 9.87. The molecule has 1 aliphatic carbocycles. The predicted octanol–water partition coefficient (Wildman–Crippen LogP) is 3.83. The fourth-order valence-corrected chi connectivity index (χ4v) is 2.69. The number of oxazole rings is 1. The van der Waals surface area contributed by atoms with E-state index < -0.39 is 0 Å². The maximum atomic E-state index is 5.79. The van der Waals surface area contributed by atoms with Gasteiger partial charge in [0.1, 0.15) is 5.76 Å². The molecule has 6 heteroatoms. The molecule has 2 N–H and O–H groups in total. The molecule has 1 aliphatic rings. The maximum absolute atomic E-state index is 5.79. The van der Waals surface area contributed by atoms with Gasteiger partial charge >= 0.3 is 0 Å². The summed E-state index contributed by atoms with van der Waals surface area (Å²) >= 11 is 0. The lowest BCUT2D eigenvalue weighted by Crippen LogP contribution is -2.44. The molecule has 1 fully saturated rings. The number of guanidine groups is 1. The molecule has 0 radical (unpaired) electrons. The second kappa shape index (κ2) is 8.89. The van der Waals surface area contributed by atoms with Crippen LogP contribution in [0.2, 0.25) is 0 Å². The summed E-state index contributed by atoms with van der Waals surface area (Å²) in [7, 11) is 1.80. The van der Waals surface area contributed by atoms with E-state index in [1.807, 2.05) is 6.20 Å². The molecule has 1 saturated carbocycles. The average molecular weight is 434 g/mol. The van der Waals surface area contributed by atoms with Crippen molar-refractivity contribution in [3.63, 3.8) is 0 Å². The second-order valence-electron chi connectivity index (χ2n) is 7.40. The highest BCUT2D eigenvalue weighted by molar-refractivity contribution is 14.0. The molecule has 1 aromatic heterocycles. The van der Waals surface area contributed by atoms with Gasteiger partial charge in [-0.25, -0.2) is 4.98 Å². The topological polar surface area (TPSA) is 62.5 Å². The summed E-state index contributed by atoms with van der Waals surface area (Å²) in [5, 5.41) is 6.79. The molecule has 2 rings (SSSR count). The molecule has 0 atom stereocenters. The summed E-state index contributed by atoms with van der Waals surface area (Å²) in [5.41, 5.74) is -0.00995. The van der Waals surface area contributed by atoms with E-state index in [0.29, 0.717) is 18.5 Å². The molecular formula is C17H31IN4O. The van der Waals surface area contributed by atoms with Crippen LogP contribution in [0.3, 0.4) is 0 Å². The molecule has 0 amide bonds. The van der Waals surface area contributed by atoms with Crippen molar-refractivity contribution in [2.75, 3.05) is 7.05 Å². The summed E-state index contributed by atoms with van der Waals surface area (Å²) in [4.78, 5) is 8.63. The van der Waals surface area contributed by atoms with Gasteiger partial charge < -0.3 is 15.1 Å². The molecule has 0 spiro atoms. The molecule has 132 valence electrons. The van der Waals surface area contributed by atoms with Gasteiger partial charge in [-0.3, -0.25) is 4.99 Å². The van der Waals surface area contributed by atoms with E-state index in [-0.39, 0.29) is 29.4 Å². The Morgan fingerprint density at radius 1 is 1.30 bits per heavy atom. The third-order valence-corrected chi connectivity index (χ3v) is 4.28. The van der Waals surface area contributed by atoms with E-state index in [9.17, 15) is 0 Å². The fourth-order valence-electron chi connectivity index (χ4n) is 2.69. The number of aromatic nitrogens is 1. The standard InChI is InChI=1S/C17H30N4O.HI/c1-12-6-8-13(9-7-12)21-16(18-5)20-11-15-19-10-14(22-15)17(2,3)4;/h10,12-13H,6-9,11H2,1-5H3,(H2,18,20,21);1H. The lowest BCUT2D eigenvalue weighted by molar-refractivity contribution is 0.328. The third-order valence-electron chi connectivity index (χ3n) is 4.28. The van der Waals surface area contributed by atoms with Crippen LogP contribution in [0.4, 0.5) is 0 Å². The minimum absolute atomic E-state index is 0. The minimum Gasteiger partial charge on any atom is -0.443 e. The van der Waals surface area contributed by atoms with Gasteiger partial charge in [0.05, 0.1) is 12.7 Å². The van der Waals surface area contributed by atoms with Crippen LogP contribution in [0.25, 0.3) is 0 Å². The molecule has 0 unspecified atom stereocenters. The first-order chi connectivity index (χ1) is 10.4. The smallest absolute Gasteiger partial charge is 0.213 e. The Morgan fingerprint density at radius 2 is 1.96 bits per heavy atom.